The average molecular weight is 217 g/mol. The Hall–Kier alpha value is -0.840. The molecule has 5 heteroatoms. The Bertz CT molecular complexity index is 204. The number of thiocarbonyl (C=S) groups is 1. The van der Waals surface area contributed by atoms with E-state index in [1.807, 2.05) is 20.8 Å². The summed E-state index contributed by atoms with van der Waals surface area (Å²) in [6.07, 6.45) is 0. The Morgan fingerprint density at radius 3 is 1.86 bits per heavy atom. The van der Waals surface area contributed by atoms with Gasteiger partial charge in [0.25, 0.3) is 0 Å². The van der Waals surface area contributed by atoms with Gasteiger partial charge in [-0.3, -0.25) is 0 Å². The first-order valence-corrected chi connectivity index (χ1v) is 5.29. The molecule has 0 aliphatic carbocycles. The highest BCUT2D eigenvalue weighted by Gasteiger charge is 2.16. The zero-order chi connectivity index (χ0) is 11.1. The number of nitrogens with two attached hydrogens (primary N) is 1. The van der Waals surface area contributed by atoms with Crippen molar-refractivity contribution in [3.05, 3.63) is 0 Å². The number of carbonyl (C=O) groups excluding carboxylic acids is 1. The summed E-state index contributed by atoms with van der Waals surface area (Å²) in [5.74, 6) is 0. The molecule has 2 amide bonds. The number of rotatable bonds is 5. The topological polar surface area (TPSA) is 49.6 Å². The monoisotopic (exact) mass is 217 g/mol. The van der Waals surface area contributed by atoms with Crippen LogP contribution in [0.3, 0.4) is 0 Å². The Labute approximate surface area is 91.0 Å². The molecule has 0 aromatic rings. The van der Waals surface area contributed by atoms with Crippen LogP contribution in [0.1, 0.15) is 20.8 Å². The van der Waals surface area contributed by atoms with Crippen molar-refractivity contribution in [2.45, 2.75) is 20.8 Å². The molecule has 0 rings (SSSR count). The van der Waals surface area contributed by atoms with E-state index in [1.165, 1.54) is 0 Å². The molecule has 0 heterocycles. The lowest BCUT2D eigenvalue weighted by Gasteiger charge is -2.27. The highest BCUT2D eigenvalue weighted by molar-refractivity contribution is 7.80. The van der Waals surface area contributed by atoms with Crippen molar-refractivity contribution in [2.75, 3.05) is 26.2 Å². The van der Waals surface area contributed by atoms with Crippen molar-refractivity contribution in [3.63, 3.8) is 0 Å². The van der Waals surface area contributed by atoms with Crippen molar-refractivity contribution in [1.29, 1.82) is 0 Å². The zero-order valence-corrected chi connectivity index (χ0v) is 9.93. The van der Waals surface area contributed by atoms with E-state index < -0.39 is 0 Å². The number of nitrogens with zero attached hydrogens (tertiary/aromatic N) is 2. The first-order valence-electron chi connectivity index (χ1n) is 4.88. The minimum Gasteiger partial charge on any atom is -0.392 e. The van der Waals surface area contributed by atoms with Gasteiger partial charge in [-0.25, -0.2) is 4.79 Å². The maximum atomic E-state index is 11.8. The van der Waals surface area contributed by atoms with Crippen LogP contribution in [-0.4, -0.2) is 47.0 Å². The van der Waals surface area contributed by atoms with E-state index in [-0.39, 0.29) is 6.03 Å². The van der Waals surface area contributed by atoms with Gasteiger partial charge in [-0.05, 0) is 20.8 Å². The molecule has 0 aromatic heterocycles. The van der Waals surface area contributed by atoms with Crippen molar-refractivity contribution in [2.24, 2.45) is 5.73 Å². The fraction of sp³-hybridized carbons (Fsp3) is 0.778. The van der Waals surface area contributed by atoms with Gasteiger partial charge in [-0.1, -0.05) is 12.2 Å². The van der Waals surface area contributed by atoms with Gasteiger partial charge in [0.1, 0.15) is 0 Å². The van der Waals surface area contributed by atoms with Crippen molar-refractivity contribution < 1.29 is 4.79 Å². The SMILES string of the molecule is CCN(CC)C(=O)N(CC)CC(N)=S. The Morgan fingerprint density at radius 2 is 1.57 bits per heavy atom. The van der Waals surface area contributed by atoms with Crippen LogP contribution >= 0.6 is 12.2 Å². The van der Waals surface area contributed by atoms with Gasteiger partial charge in [0.15, 0.2) is 0 Å². The molecule has 0 aliphatic rings. The largest absolute Gasteiger partial charge is 0.392 e. The van der Waals surface area contributed by atoms with Gasteiger partial charge < -0.3 is 15.5 Å². The quantitative estimate of drug-likeness (QED) is 0.700. The summed E-state index contributed by atoms with van der Waals surface area (Å²) < 4.78 is 0. The fourth-order valence-corrected chi connectivity index (χ4v) is 1.35. The van der Waals surface area contributed by atoms with Crippen LogP contribution in [0.2, 0.25) is 0 Å². The van der Waals surface area contributed by atoms with Gasteiger partial charge in [0.2, 0.25) is 0 Å². The number of carbonyl (C=O) groups is 1. The average Bonchev–Trinajstić information content (AvgIpc) is 2.15. The second kappa shape index (κ2) is 6.59. The summed E-state index contributed by atoms with van der Waals surface area (Å²) in [5, 5.41) is 0. The van der Waals surface area contributed by atoms with Crippen LogP contribution in [0.15, 0.2) is 0 Å². The van der Waals surface area contributed by atoms with Crippen LogP contribution < -0.4 is 5.73 Å². The number of urea groups is 1. The number of hydrogen-bond acceptors (Lipinski definition) is 2. The normalized spacial score (nSPS) is 9.64. The lowest BCUT2D eigenvalue weighted by Crippen LogP contribution is -2.46. The van der Waals surface area contributed by atoms with E-state index in [0.717, 1.165) is 0 Å². The molecule has 0 radical (unpaired) electrons. The predicted molar refractivity (Wildman–Crippen MR) is 62.3 cm³/mol. The molecule has 0 saturated heterocycles. The lowest BCUT2D eigenvalue weighted by atomic mass is 10.4. The van der Waals surface area contributed by atoms with Gasteiger partial charge >= 0.3 is 6.03 Å². The number of likely N-dealkylation sites (N-methyl/N-ethyl adjacent to an activating group) is 1. The van der Waals surface area contributed by atoms with E-state index in [4.69, 9.17) is 18.0 Å². The number of hydrogen-bond donors (Lipinski definition) is 1. The van der Waals surface area contributed by atoms with Gasteiger partial charge in [0, 0.05) is 19.6 Å². The summed E-state index contributed by atoms with van der Waals surface area (Å²) in [5.41, 5.74) is 5.41. The third-order valence-electron chi connectivity index (χ3n) is 2.03. The second-order valence-corrected chi connectivity index (χ2v) is 3.46. The molecule has 0 aliphatic heterocycles. The van der Waals surface area contributed by atoms with Crippen molar-refractivity contribution in [1.82, 2.24) is 9.80 Å². The Morgan fingerprint density at radius 1 is 1.14 bits per heavy atom. The molecule has 2 N–H and O–H groups in total. The summed E-state index contributed by atoms with van der Waals surface area (Å²) in [6.45, 7) is 8.24. The second-order valence-electron chi connectivity index (χ2n) is 2.94. The molecule has 0 bridgehead atoms. The van der Waals surface area contributed by atoms with Crippen LogP contribution in [0, 0.1) is 0 Å². The molecule has 82 valence electrons. The molecule has 14 heavy (non-hydrogen) atoms. The van der Waals surface area contributed by atoms with Gasteiger partial charge in [0.05, 0.1) is 11.5 Å². The molecular weight excluding hydrogens is 198 g/mol. The third kappa shape index (κ3) is 3.91. The third-order valence-corrected chi connectivity index (χ3v) is 2.16. The molecule has 0 fully saturated rings. The van der Waals surface area contributed by atoms with Crippen molar-refractivity contribution >= 4 is 23.2 Å². The van der Waals surface area contributed by atoms with Crippen LogP contribution in [0.25, 0.3) is 0 Å². The van der Waals surface area contributed by atoms with Crippen LogP contribution in [0.4, 0.5) is 4.79 Å². The predicted octanol–water partition coefficient (Wildman–Crippen LogP) is 1.06. The summed E-state index contributed by atoms with van der Waals surface area (Å²) in [7, 11) is 0. The molecule has 0 spiro atoms. The highest BCUT2D eigenvalue weighted by Crippen LogP contribution is 1.98. The van der Waals surface area contributed by atoms with E-state index >= 15 is 0 Å². The maximum Gasteiger partial charge on any atom is 0.320 e. The van der Waals surface area contributed by atoms with Gasteiger partial charge in [-0.2, -0.15) is 0 Å². The Balaban J connectivity index is 4.35. The zero-order valence-electron chi connectivity index (χ0n) is 9.12. The van der Waals surface area contributed by atoms with Gasteiger partial charge in [-0.15, -0.1) is 0 Å². The summed E-state index contributed by atoms with van der Waals surface area (Å²) in [6, 6.07) is 0.00491. The standard InChI is InChI=1S/C9H19N3OS/c1-4-11(5-2)9(13)12(6-3)7-8(10)14/h4-7H2,1-3H3,(H2,10,14). The van der Waals surface area contributed by atoms with E-state index in [9.17, 15) is 4.79 Å². The molecule has 0 saturated carbocycles. The first kappa shape index (κ1) is 13.2. The Kier molecular flexibility index (Phi) is 6.19. The maximum absolute atomic E-state index is 11.8. The van der Waals surface area contributed by atoms with E-state index in [2.05, 4.69) is 0 Å². The first-order chi connectivity index (χ1) is 6.56. The fourth-order valence-electron chi connectivity index (χ4n) is 1.20. The summed E-state index contributed by atoms with van der Waals surface area (Å²) in [4.78, 5) is 15.6. The molecule has 4 nitrogen and oxygen atoms in total. The van der Waals surface area contributed by atoms with E-state index in [1.54, 1.807) is 9.80 Å². The van der Waals surface area contributed by atoms with Crippen LogP contribution in [0.5, 0.6) is 0 Å². The minimum absolute atomic E-state index is 0.00491. The molecule has 0 unspecified atom stereocenters. The summed E-state index contributed by atoms with van der Waals surface area (Å²) >= 11 is 4.78. The lowest BCUT2D eigenvalue weighted by molar-refractivity contribution is 0.166. The van der Waals surface area contributed by atoms with Crippen LogP contribution in [-0.2, 0) is 0 Å². The smallest absolute Gasteiger partial charge is 0.320 e. The highest BCUT2D eigenvalue weighted by atomic mass is 32.1. The van der Waals surface area contributed by atoms with E-state index in [0.29, 0.717) is 31.2 Å². The van der Waals surface area contributed by atoms with Crippen molar-refractivity contribution in [3.8, 4) is 0 Å². The molecule has 0 aromatic carbocycles. The number of amides is 2. The molecular formula is C9H19N3OS. The minimum atomic E-state index is 0.00491. The molecule has 0 atom stereocenters.